The Hall–Kier alpha value is -1.14. The molecule has 0 aromatic heterocycles. The van der Waals surface area contributed by atoms with Crippen molar-refractivity contribution in [1.82, 2.24) is 20.0 Å². The number of hydrogen-bond donors (Lipinski definition) is 1. The fourth-order valence-electron chi connectivity index (χ4n) is 3.01. The van der Waals surface area contributed by atoms with Crippen LogP contribution in [0.3, 0.4) is 0 Å². The highest BCUT2D eigenvalue weighted by molar-refractivity contribution is 5.86. The van der Waals surface area contributed by atoms with Gasteiger partial charge >= 0.3 is 0 Å². The summed E-state index contributed by atoms with van der Waals surface area (Å²) in [7, 11) is 3.98. The number of rotatable bonds is 4. The van der Waals surface area contributed by atoms with Crippen molar-refractivity contribution in [1.29, 1.82) is 0 Å². The Balaban J connectivity index is 1.77. The van der Waals surface area contributed by atoms with Crippen molar-refractivity contribution in [3.63, 3.8) is 0 Å². The molecule has 0 aromatic rings. The number of hydrogen-bond acceptors (Lipinski definition) is 4. The average molecular weight is 282 g/mol. The summed E-state index contributed by atoms with van der Waals surface area (Å²) < 4.78 is 0. The summed E-state index contributed by atoms with van der Waals surface area (Å²) in [5.41, 5.74) is 0. The monoisotopic (exact) mass is 282 g/mol. The van der Waals surface area contributed by atoms with Crippen LogP contribution in [0.2, 0.25) is 0 Å². The molecule has 1 atom stereocenters. The van der Waals surface area contributed by atoms with Crippen LogP contribution in [0.1, 0.15) is 12.8 Å². The molecule has 20 heavy (non-hydrogen) atoms. The molecule has 114 valence electrons. The second-order valence-electron chi connectivity index (χ2n) is 6.04. The van der Waals surface area contributed by atoms with Gasteiger partial charge in [0.25, 0.3) is 0 Å². The summed E-state index contributed by atoms with van der Waals surface area (Å²) in [6.07, 6.45) is 2.40. The van der Waals surface area contributed by atoms with E-state index in [1.165, 1.54) is 12.8 Å². The van der Waals surface area contributed by atoms with Gasteiger partial charge in [0.15, 0.2) is 0 Å². The van der Waals surface area contributed by atoms with Crippen LogP contribution in [-0.2, 0) is 9.59 Å². The molecule has 2 aliphatic heterocycles. The first-order chi connectivity index (χ1) is 9.56. The first kappa shape index (κ1) is 15.3. The molecular formula is C14H26N4O2. The zero-order valence-electron chi connectivity index (χ0n) is 12.6. The van der Waals surface area contributed by atoms with E-state index in [-0.39, 0.29) is 18.4 Å². The number of likely N-dealkylation sites (tertiary alicyclic amines) is 1. The number of carbonyl (C=O) groups excluding carboxylic acids is 2. The van der Waals surface area contributed by atoms with Crippen molar-refractivity contribution in [2.75, 3.05) is 59.9 Å². The van der Waals surface area contributed by atoms with Crippen molar-refractivity contribution < 1.29 is 9.59 Å². The Morgan fingerprint density at radius 3 is 2.95 bits per heavy atom. The van der Waals surface area contributed by atoms with E-state index in [1.807, 2.05) is 7.05 Å². The van der Waals surface area contributed by atoms with Crippen molar-refractivity contribution in [2.45, 2.75) is 12.8 Å². The van der Waals surface area contributed by atoms with Gasteiger partial charge in [-0.1, -0.05) is 0 Å². The van der Waals surface area contributed by atoms with Gasteiger partial charge in [-0.2, -0.15) is 0 Å². The first-order valence-electron chi connectivity index (χ1n) is 7.47. The minimum atomic E-state index is 0.0235. The van der Waals surface area contributed by atoms with E-state index < -0.39 is 0 Å². The van der Waals surface area contributed by atoms with Gasteiger partial charge in [0.1, 0.15) is 0 Å². The number of piperidine rings is 1. The number of piperazine rings is 1. The Labute approximate surface area is 121 Å². The molecule has 2 amide bonds. The molecule has 2 fully saturated rings. The quantitative estimate of drug-likeness (QED) is 0.735. The lowest BCUT2D eigenvalue weighted by Crippen LogP contribution is -2.52. The Morgan fingerprint density at radius 2 is 2.25 bits per heavy atom. The number of amides is 2. The lowest BCUT2D eigenvalue weighted by Gasteiger charge is -2.33. The third-order valence-electron chi connectivity index (χ3n) is 4.19. The smallest absolute Gasteiger partial charge is 0.241 e. The third-order valence-corrected chi connectivity index (χ3v) is 4.19. The number of likely N-dealkylation sites (N-methyl/N-ethyl adjacent to an activating group) is 1. The van der Waals surface area contributed by atoms with Gasteiger partial charge in [-0.15, -0.1) is 0 Å². The first-order valence-corrected chi connectivity index (χ1v) is 7.47. The fourth-order valence-corrected chi connectivity index (χ4v) is 3.01. The summed E-state index contributed by atoms with van der Waals surface area (Å²) in [5, 5.41) is 3.02. The number of nitrogens with zero attached hydrogens (tertiary/aromatic N) is 3. The van der Waals surface area contributed by atoms with Crippen molar-refractivity contribution in [3.05, 3.63) is 0 Å². The predicted octanol–water partition coefficient (Wildman–Crippen LogP) is -0.782. The second-order valence-corrected chi connectivity index (χ2v) is 6.04. The second kappa shape index (κ2) is 7.04. The number of carbonyl (C=O) groups is 2. The zero-order chi connectivity index (χ0) is 14.5. The molecule has 0 bridgehead atoms. The van der Waals surface area contributed by atoms with Crippen molar-refractivity contribution in [3.8, 4) is 0 Å². The minimum Gasteiger partial charge on any atom is -0.344 e. The van der Waals surface area contributed by atoms with E-state index in [1.54, 1.807) is 9.80 Å². The maximum absolute atomic E-state index is 12.2. The zero-order valence-corrected chi connectivity index (χ0v) is 12.6. The summed E-state index contributed by atoms with van der Waals surface area (Å²) in [4.78, 5) is 29.7. The fraction of sp³-hybridized carbons (Fsp3) is 0.857. The third kappa shape index (κ3) is 4.18. The molecule has 2 saturated heterocycles. The largest absolute Gasteiger partial charge is 0.344 e. The molecule has 6 nitrogen and oxygen atoms in total. The molecular weight excluding hydrogens is 256 g/mol. The molecule has 1 unspecified atom stereocenters. The van der Waals surface area contributed by atoms with E-state index in [0.717, 1.165) is 26.2 Å². The van der Waals surface area contributed by atoms with E-state index in [4.69, 9.17) is 0 Å². The molecule has 2 aliphatic rings. The molecule has 0 saturated carbocycles. The van der Waals surface area contributed by atoms with Crippen LogP contribution in [0.25, 0.3) is 0 Å². The van der Waals surface area contributed by atoms with Gasteiger partial charge in [-0.05, 0) is 32.4 Å². The Kier molecular flexibility index (Phi) is 5.37. The van der Waals surface area contributed by atoms with Crippen LogP contribution in [0.4, 0.5) is 0 Å². The lowest BCUT2D eigenvalue weighted by molar-refractivity contribution is -0.140. The lowest BCUT2D eigenvalue weighted by atomic mass is 9.98. The summed E-state index contributed by atoms with van der Waals surface area (Å²) >= 11 is 0. The van der Waals surface area contributed by atoms with Gasteiger partial charge in [0.2, 0.25) is 11.8 Å². The standard InChI is InChI=1S/C14H26N4O2/c1-16-6-3-4-12(9-16)10-17(2)14(20)11-18-7-5-15-8-13(18)19/h12,15H,3-11H2,1-2H3. The summed E-state index contributed by atoms with van der Waals surface area (Å²) in [6, 6.07) is 0. The minimum absolute atomic E-state index is 0.0235. The highest BCUT2D eigenvalue weighted by Gasteiger charge is 2.24. The molecule has 2 heterocycles. The molecule has 0 aromatic carbocycles. The summed E-state index contributed by atoms with van der Waals surface area (Å²) in [5.74, 6) is 0.630. The van der Waals surface area contributed by atoms with Crippen LogP contribution in [0.5, 0.6) is 0 Å². The van der Waals surface area contributed by atoms with E-state index in [2.05, 4.69) is 17.3 Å². The molecule has 0 spiro atoms. The molecule has 0 radical (unpaired) electrons. The van der Waals surface area contributed by atoms with Gasteiger partial charge in [-0.25, -0.2) is 0 Å². The van der Waals surface area contributed by atoms with E-state index in [0.29, 0.717) is 19.0 Å². The summed E-state index contributed by atoms with van der Waals surface area (Å²) in [6.45, 7) is 4.99. The van der Waals surface area contributed by atoms with Crippen LogP contribution in [0.15, 0.2) is 0 Å². The van der Waals surface area contributed by atoms with Gasteiger partial charge in [0, 0.05) is 33.2 Å². The molecule has 1 N–H and O–H groups in total. The highest BCUT2D eigenvalue weighted by atomic mass is 16.2. The Bertz CT molecular complexity index is 361. The van der Waals surface area contributed by atoms with Crippen LogP contribution in [0, 0.1) is 5.92 Å². The SMILES string of the molecule is CN1CCCC(CN(C)C(=O)CN2CCNCC2=O)C1. The normalized spacial score (nSPS) is 24.8. The highest BCUT2D eigenvalue weighted by Crippen LogP contribution is 2.16. The predicted molar refractivity (Wildman–Crippen MR) is 77.3 cm³/mol. The van der Waals surface area contributed by atoms with E-state index >= 15 is 0 Å². The van der Waals surface area contributed by atoms with E-state index in [9.17, 15) is 9.59 Å². The molecule has 0 aliphatic carbocycles. The van der Waals surface area contributed by atoms with Crippen LogP contribution < -0.4 is 5.32 Å². The Morgan fingerprint density at radius 1 is 1.45 bits per heavy atom. The van der Waals surface area contributed by atoms with Gasteiger partial charge in [0.05, 0.1) is 13.1 Å². The van der Waals surface area contributed by atoms with Crippen molar-refractivity contribution in [2.24, 2.45) is 5.92 Å². The van der Waals surface area contributed by atoms with Gasteiger partial charge in [-0.3, -0.25) is 9.59 Å². The maximum atomic E-state index is 12.2. The topological polar surface area (TPSA) is 55.9 Å². The van der Waals surface area contributed by atoms with Gasteiger partial charge < -0.3 is 20.0 Å². The maximum Gasteiger partial charge on any atom is 0.241 e. The van der Waals surface area contributed by atoms with Crippen molar-refractivity contribution >= 4 is 11.8 Å². The molecule has 2 rings (SSSR count). The van der Waals surface area contributed by atoms with Crippen LogP contribution in [-0.4, -0.2) is 86.4 Å². The van der Waals surface area contributed by atoms with Crippen LogP contribution >= 0.6 is 0 Å². The number of nitrogens with one attached hydrogen (secondary N) is 1. The average Bonchev–Trinajstić information content (AvgIpc) is 2.41. The molecule has 6 heteroatoms.